The summed E-state index contributed by atoms with van der Waals surface area (Å²) in [4.78, 5) is 0. The fraction of sp³-hybridized carbons (Fsp3) is 0. The van der Waals surface area contributed by atoms with Crippen molar-refractivity contribution in [1.29, 1.82) is 5.26 Å². The molecule has 0 aliphatic rings. The van der Waals surface area contributed by atoms with Crippen molar-refractivity contribution in [2.24, 2.45) is 0 Å². The molecule has 0 aliphatic heterocycles. The second-order valence-corrected chi connectivity index (χ2v) is 2.45. The standard InChI is InChI=1S/C9H6ClN/c10-9-5-1-3-8(7-9)4-2-6-11/h1-5,7H. The quantitative estimate of drug-likeness (QED) is 0.584. The monoisotopic (exact) mass is 163 g/mol. The molecule has 0 spiro atoms. The molecule has 0 saturated heterocycles. The Morgan fingerprint density at radius 1 is 1.45 bits per heavy atom. The molecule has 2 heteroatoms. The number of hydrogen-bond donors (Lipinski definition) is 0. The second-order valence-electron chi connectivity index (χ2n) is 2.02. The summed E-state index contributed by atoms with van der Waals surface area (Å²) in [6, 6.07) is 9.25. The Labute approximate surface area is 70.5 Å². The molecule has 1 rings (SSSR count). The van der Waals surface area contributed by atoms with E-state index < -0.39 is 0 Å². The highest BCUT2D eigenvalue weighted by Crippen LogP contribution is 2.11. The Kier molecular flexibility index (Phi) is 2.71. The number of hydrogen-bond acceptors (Lipinski definition) is 1. The van der Waals surface area contributed by atoms with E-state index in [0.717, 1.165) is 5.56 Å². The van der Waals surface area contributed by atoms with Gasteiger partial charge >= 0.3 is 0 Å². The summed E-state index contributed by atoms with van der Waals surface area (Å²) in [6.45, 7) is 0. The van der Waals surface area contributed by atoms with Crippen molar-refractivity contribution in [3.05, 3.63) is 40.9 Å². The number of rotatable bonds is 1. The average molecular weight is 164 g/mol. The second kappa shape index (κ2) is 3.80. The first-order valence-corrected chi connectivity index (χ1v) is 3.52. The molecule has 0 bridgehead atoms. The third-order valence-corrected chi connectivity index (χ3v) is 1.43. The maximum Gasteiger partial charge on any atom is 0.0912 e. The van der Waals surface area contributed by atoms with Crippen molar-refractivity contribution in [3.8, 4) is 6.07 Å². The Morgan fingerprint density at radius 2 is 2.27 bits per heavy atom. The van der Waals surface area contributed by atoms with Crippen LogP contribution in [-0.2, 0) is 0 Å². The lowest BCUT2D eigenvalue weighted by Crippen LogP contribution is -1.69. The first-order chi connectivity index (χ1) is 5.33. The number of nitrogens with zero attached hydrogens (tertiary/aromatic N) is 1. The molecule has 0 atom stereocenters. The van der Waals surface area contributed by atoms with Crippen LogP contribution in [0.15, 0.2) is 30.3 Å². The van der Waals surface area contributed by atoms with E-state index in [2.05, 4.69) is 0 Å². The Balaban J connectivity index is 2.90. The molecule has 0 heterocycles. The molecule has 0 aromatic heterocycles. The Bertz CT molecular complexity index is 310. The average Bonchev–Trinajstić information content (AvgIpc) is 2.01. The van der Waals surface area contributed by atoms with Gasteiger partial charge in [-0.3, -0.25) is 0 Å². The van der Waals surface area contributed by atoms with E-state index in [1.807, 2.05) is 18.2 Å². The van der Waals surface area contributed by atoms with Gasteiger partial charge in [-0.05, 0) is 23.8 Å². The topological polar surface area (TPSA) is 23.8 Å². The minimum absolute atomic E-state index is 0.685. The highest BCUT2D eigenvalue weighted by Gasteiger charge is 1.86. The Hall–Kier alpha value is -1.26. The number of halogens is 1. The fourth-order valence-electron chi connectivity index (χ4n) is 0.744. The molecule has 0 amide bonds. The Morgan fingerprint density at radius 3 is 2.91 bits per heavy atom. The van der Waals surface area contributed by atoms with Crippen LogP contribution in [0.1, 0.15) is 5.56 Å². The predicted octanol–water partition coefficient (Wildman–Crippen LogP) is 2.88. The maximum atomic E-state index is 8.23. The normalized spacial score (nSPS) is 9.82. The molecular weight excluding hydrogens is 158 g/mol. The van der Waals surface area contributed by atoms with Crippen molar-refractivity contribution >= 4 is 17.7 Å². The van der Waals surface area contributed by atoms with Gasteiger partial charge in [0.25, 0.3) is 0 Å². The predicted molar refractivity (Wildman–Crippen MR) is 46.1 cm³/mol. The summed E-state index contributed by atoms with van der Waals surface area (Å²) in [6.07, 6.45) is 3.14. The van der Waals surface area contributed by atoms with E-state index in [4.69, 9.17) is 16.9 Å². The smallest absolute Gasteiger partial charge is 0.0912 e. The number of allylic oxidation sites excluding steroid dienone is 1. The van der Waals surface area contributed by atoms with Gasteiger partial charge in [0.15, 0.2) is 0 Å². The summed E-state index contributed by atoms with van der Waals surface area (Å²) < 4.78 is 0. The molecule has 0 fully saturated rings. The zero-order chi connectivity index (χ0) is 8.10. The van der Waals surface area contributed by atoms with Crippen LogP contribution in [-0.4, -0.2) is 0 Å². The largest absolute Gasteiger partial charge is 0.193 e. The zero-order valence-electron chi connectivity index (χ0n) is 5.79. The molecule has 0 radical (unpaired) electrons. The van der Waals surface area contributed by atoms with Gasteiger partial charge in [-0.2, -0.15) is 5.26 Å². The van der Waals surface area contributed by atoms with Gasteiger partial charge in [-0.15, -0.1) is 0 Å². The van der Waals surface area contributed by atoms with Gasteiger partial charge < -0.3 is 0 Å². The van der Waals surface area contributed by atoms with E-state index in [9.17, 15) is 0 Å². The summed E-state index contributed by atoms with van der Waals surface area (Å²) in [5.74, 6) is 0. The molecule has 0 unspecified atom stereocenters. The van der Waals surface area contributed by atoms with Gasteiger partial charge in [0, 0.05) is 11.1 Å². The summed E-state index contributed by atoms with van der Waals surface area (Å²) in [7, 11) is 0. The molecule has 0 aliphatic carbocycles. The molecule has 0 N–H and O–H groups in total. The van der Waals surface area contributed by atoms with Gasteiger partial charge in [-0.1, -0.05) is 23.7 Å². The van der Waals surface area contributed by atoms with Crippen LogP contribution in [0.2, 0.25) is 5.02 Å². The zero-order valence-corrected chi connectivity index (χ0v) is 6.55. The lowest BCUT2D eigenvalue weighted by Gasteiger charge is -1.91. The molecule has 0 saturated carbocycles. The van der Waals surface area contributed by atoms with E-state index in [-0.39, 0.29) is 0 Å². The molecule has 54 valence electrons. The SMILES string of the molecule is N#CC=Cc1cccc(Cl)c1. The third kappa shape index (κ3) is 2.45. The van der Waals surface area contributed by atoms with Crippen LogP contribution in [0.25, 0.3) is 6.08 Å². The number of nitriles is 1. The minimum Gasteiger partial charge on any atom is -0.193 e. The lowest BCUT2D eigenvalue weighted by atomic mass is 10.2. The molecular formula is C9H6ClN. The van der Waals surface area contributed by atoms with E-state index in [1.54, 1.807) is 18.2 Å². The van der Waals surface area contributed by atoms with Gasteiger partial charge in [0.1, 0.15) is 0 Å². The van der Waals surface area contributed by atoms with Crippen LogP contribution in [0.4, 0.5) is 0 Å². The van der Waals surface area contributed by atoms with Crippen molar-refractivity contribution in [3.63, 3.8) is 0 Å². The summed E-state index contributed by atoms with van der Waals surface area (Å²) in [5, 5.41) is 8.91. The van der Waals surface area contributed by atoms with Crippen LogP contribution < -0.4 is 0 Å². The van der Waals surface area contributed by atoms with Crippen LogP contribution >= 0.6 is 11.6 Å². The van der Waals surface area contributed by atoms with Crippen LogP contribution in [0.5, 0.6) is 0 Å². The van der Waals surface area contributed by atoms with Gasteiger partial charge in [0.2, 0.25) is 0 Å². The van der Waals surface area contributed by atoms with Crippen LogP contribution in [0, 0.1) is 11.3 Å². The van der Waals surface area contributed by atoms with E-state index in [1.165, 1.54) is 6.08 Å². The van der Waals surface area contributed by atoms with Crippen LogP contribution in [0.3, 0.4) is 0 Å². The van der Waals surface area contributed by atoms with E-state index in [0.29, 0.717) is 5.02 Å². The fourth-order valence-corrected chi connectivity index (χ4v) is 0.942. The van der Waals surface area contributed by atoms with Gasteiger partial charge in [0.05, 0.1) is 6.07 Å². The third-order valence-electron chi connectivity index (χ3n) is 1.20. The molecule has 1 aromatic carbocycles. The first-order valence-electron chi connectivity index (χ1n) is 3.14. The summed E-state index contributed by atoms with van der Waals surface area (Å²) in [5.41, 5.74) is 0.944. The van der Waals surface area contributed by atoms with Gasteiger partial charge in [-0.25, -0.2) is 0 Å². The maximum absolute atomic E-state index is 8.23. The molecule has 1 nitrogen and oxygen atoms in total. The number of benzene rings is 1. The van der Waals surface area contributed by atoms with Crippen molar-refractivity contribution in [1.82, 2.24) is 0 Å². The van der Waals surface area contributed by atoms with E-state index >= 15 is 0 Å². The van der Waals surface area contributed by atoms with Crippen molar-refractivity contribution in [2.75, 3.05) is 0 Å². The van der Waals surface area contributed by atoms with Crippen molar-refractivity contribution < 1.29 is 0 Å². The first kappa shape index (κ1) is 7.84. The lowest BCUT2D eigenvalue weighted by molar-refractivity contribution is 1.54. The minimum atomic E-state index is 0.685. The molecule has 11 heavy (non-hydrogen) atoms. The summed E-state index contributed by atoms with van der Waals surface area (Å²) >= 11 is 5.71. The molecule has 1 aromatic rings. The van der Waals surface area contributed by atoms with Crippen molar-refractivity contribution in [2.45, 2.75) is 0 Å². The highest BCUT2D eigenvalue weighted by atomic mass is 35.5. The highest BCUT2D eigenvalue weighted by molar-refractivity contribution is 6.30.